The normalized spacial score (nSPS) is 15.3. The maximum Gasteiger partial charge on any atom is 0.350 e. The minimum atomic E-state index is -0.382. The second-order valence-corrected chi connectivity index (χ2v) is 9.25. The van der Waals surface area contributed by atoms with E-state index in [4.69, 9.17) is 4.74 Å². The number of ether oxygens (including phenoxy) is 1. The summed E-state index contributed by atoms with van der Waals surface area (Å²) in [6.45, 7) is 3.25. The first kappa shape index (κ1) is 23.7. The number of rotatable bonds is 8. The van der Waals surface area contributed by atoms with Crippen molar-refractivity contribution in [2.75, 3.05) is 23.8 Å². The average molecular weight is 504 g/mol. The van der Waals surface area contributed by atoms with Gasteiger partial charge >= 0.3 is 5.97 Å². The number of hydrogen-bond acceptors (Lipinski definition) is 12. The van der Waals surface area contributed by atoms with Gasteiger partial charge in [-0.3, -0.25) is 5.32 Å². The molecule has 5 rings (SSSR count). The van der Waals surface area contributed by atoms with Crippen molar-refractivity contribution in [3.63, 3.8) is 0 Å². The van der Waals surface area contributed by atoms with Gasteiger partial charge in [0.1, 0.15) is 28.8 Å². The van der Waals surface area contributed by atoms with Gasteiger partial charge < -0.3 is 15.4 Å². The smallest absolute Gasteiger partial charge is 0.350 e. The number of pyridine rings is 1. The summed E-state index contributed by atoms with van der Waals surface area (Å²) in [6.07, 6.45) is 8.10. The van der Waals surface area contributed by atoms with E-state index >= 15 is 0 Å². The zero-order valence-corrected chi connectivity index (χ0v) is 20.5. The van der Waals surface area contributed by atoms with Gasteiger partial charge in [0.15, 0.2) is 11.0 Å². The molecule has 11 nitrogen and oxygen atoms in total. The van der Waals surface area contributed by atoms with Crippen LogP contribution in [0.4, 0.5) is 22.7 Å². The number of carbonyl (C=O) groups is 1. The van der Waals surface area contributed by atoms with E-state index < -0.39 is 0 Å². The first-order valence-corrected chi connectivity index (χ1v) is 12.4. The van der Waals surface area contributed by atoms with Gasteiger partial charge in [0.2, 0.25) is 5.95 Å². The highest BCUT2D eigenvalue weighted by molar-refractivity contribution is 7.17. The van der Waals surface area contributed by atoms with E-state index in [9.17, 15) is 4.79 Å². The molecule has 0 amide bonds. The number of thiazole rings is 1. The van der Waals surface area contributed by atoms with Crippen LogP contribution in [0.3, 0.4) is 0 Å². The molecule has 36 heavy (non-hydrogen) atoms. The number of esters is 1. The molecule has 4 aromatic heterocycles. The fraction of sp³-hybridized carbons (Fsp3) is 0.292. The molecule has 4 aromatic rings. The van der Waals surface area contributed by atoms with Crippen LogP contribution in [0, 0.1) is 6.92 Å². The molecule has 0 unspecified atom stereocenters. The molecule has 0 saturated carbocycles. The number of aryl methyl sites for hydroxylation is 1. The van der Waals surface area contributed by atoms with Gasteiger partial charge in [0.05, 0.1) is 6.20 Å². The molecule has 12 heteroatoms. The zero-order chi connectivity index (χ0) is 24.7. The van der Waals surface area contributed by atoms with Gasteiger partial charge in [-0.25, -0.2) is 29.7 Å². The number of hydrogen-bond donors (Lipinski definition) is 3. The van der Waals surface area contributed by atoms with E-state index in [1.165, 1.54) is 17.5 Å². The lowest BCUT2D eigenvalue weighted by atomic mass is 10.1. The third-order valence-electron chi connectivity index (χ3n) is 5.44. The molecule has 1 aliphatic rings. The molecule has 3 N–H and O–H groups in total. The van der Waals surface area contributed by atoms with Crippen LogP contribution in [-0.4, -0.2) is 55.1 Å². The summed E-state index contributed by atoms with van der Waals surface area (Å²) in [4.78, 5) is 39.1. The molecule has 1 saturated heterocycles. The fourth-order valence-corrected chi connectivity index (χ4v) is 4.38. The number of aromatic nitrogens is 6. The highest BCUT2D eigenvalue weighted by Crippen LogP contribution is 2.23. The maximum atomic E-state index is 12.4. The molecule has 5 heterocycles. The van der Waals surface area contributed by atoms with Gasteiger partial charge in [-0.2, -0.15) is 4.98 Å². The molecule has 1 aliphatic heterocycles. The Hall–Kier alpha value is -4.03. The summed E-state index contributed by atoms with van der Waals surface area (Å²) < 4.78 is 5.45. The first-order valence-electron chi connectivity index (χ1n) is 11.6. The standard InChI is InChI=1S/C24H25N9O2S/c1-15-5-4-7-17(29-15)21-26-11-8-19(31-21)30-20-9-12-27-23(32-20)33-24-28-13-18(36-24)22(34)35-14-16-6-2-3-10-25-16/h4-5,7-9,11-13,16,25H,2-3,6,10,14H2,1H3,(H2,26,27,28,30,31,32,33)/t16-/m1/s1. The number of nitrogens with zero attached hydrogens (tertiary/aromatic N) is 6. The van der Waals surface area contributed by atoms with E-state index in [0.29, 0.717) is 45.7 Å². The summed E-state index contributed by atoms with van der Waals surface area (Å²) >= 11 is 1.19. The summed E-state index contributed by atoms with van der Waals surface area (Å²) in [5.41, 5.74) is 1.58. The van der Waals surface area contributed by atoms with Crippen molar-refractivity contribution in [1.29, 1.82) is 0 Å². The molecular weight excluding hydrogens is 478 g/mol. The fourth-order valence-electron chi connectivity index (χ4n) is 3.67. The van der Waals surface area contributed by atoms with Crippen LogP contribution < -0.4 is 16.0 Å². The van der Waals surface area contributed by atoms with Crippen LogP contribution in [0.5, 0.6) is 0 Å². The predicted octanol–water partition coefficient (Wildman–Crippen LogP) is 3.88. The van der Waals surface area contributed by atoms with Crippen LogP contribution in [0.15, 0.2) is 48.9 Å². The van der Waals surface area contributed by atoms with Crippen molar-refractivity contribution >= 4 is 40.0 Å². The van der Waals surface area contributed by atoms with Crippen molar-refractivity contribution < 1.29 is 9.53 Å². The monoisotopic (exact) mass is 503 g/mol. The van der Waals surface area contributed by atoms with Crippen LogP contribution in [0.1, 0.15) is 34.6 Å². The molecule has 0 bridgehead atoms. The quantitative estimate of drug-likeness (QED) is 0.302. The summed E-state index contributed by atoms with van der Waals surface area (Å²) in [5.74, 6) is 1.56. The molecule has 0 radical (unpaired) electrons. The predicted molar refractivity (Wildman–Crippen MR) is 137 cm³/mol. The summed E-state index contributed by atoms with van der Waals surface area (Å²) in [7, 11) is 0. The second-order valence-electron chi connectivity index (χ2n) is 8.22. The average Bonchev–Trinajstić information content (AvgIpc) is 3.37. The molecule has 0 aromatic carbocycles. The van der Waals surface area contributed by atoms with Crippen molar-refractivity contribution in [1.82, 2.24) is 35.2 Å². The van der Waals surface area contributed by atoms with Crippen molar-refractivity contribution in [2.24, 2.45) is 0 Å². The SMILES string of the molecule is Cc1cccc(-c2nccc(Nc3ccnc(Nc4ncc(C(=O)OC[C@H]5CCCCN5)s4)n3)n2)n1. The van der Waals surface area contributed by atoms with E-state index in [-0.39, 0.29) is 12.0 Å². The summed E-state index contributed by atoms with van der Waals surface area (Å²) in [6, 6.07) is 9.39. The Morgan fingerprint density at radius 2 is 1.92 bits per heavy atom. The van der Waals surface area contributed by atoms with Gasteiger partial charge in [0, 0.05) is 24.1 Å². The topological polar surface area (TPSA) is 140 Å². The Morgan fingerprint density at radius 3 is 2.75 bits per heavy atom. The molecule has 0 aliphatic carbocycles. The third kappa shape index (κ3) is 6.15. The number of anilines is 4. The van der Waals surface area contributed by atoms with E-state index in [0.717, 1.165) is 31.5 Å². The lowest BCUT2D eigenvalue weighted by Crippen LogP contribution is -2.38. The Morgan fingerprint density at radius 1 is 1.06 bits per heavy atom. The first-order chi connectivity index (χ1) is 17.6. The van der Waals surface area contributed by atoms with Gasteiger partial charge in [-0.05, 0) is 50.6 Å². The van der Waals surface area contributed by atoms with Crippen LogP contribution in [0.2, 0.25) is 0 Å². The van der Waals surface area contributed by atoms with E-state index in [2.05, 4.69) is 45.9 Å². The minimum Gasteiger partial charge on any atom is -0.460 e. The van der Waals surface area contributed by atoms with Gasteiger partial charge in [0.25, 0.3) is 0 Å². The number of piperidine rings is 1. The number of nitrogens with one attached hydrogen (secondary N) is 3. The lowest BCUT2D eigenvalue weighted by molar-refractivity contribution is 0.0456. The molecule has 0 spiro atoms. The third-order valence-corrected chi connectivity index (χ3v) is 6.33. The maximum absolute atomic E-state index is 12.4. The van der Waals surface area contributed by atoms with Crippen molar-refractivity contribution in [2.45, 2.75) is 32.2 Å². The van der Waals surface area contributed by atoms with Crippen LogP contribution in [-0.2, 0) is 4.74 Å². The minimum absolute atomic E-state index is 0.218. The van der Waals surface area contributed by atoms with E-state index in [1.54, 1.807) is 24.5 Å². The summed E-state index contributed by atoms with van der Waals surface area (Å²) in [5, 5.41) is 10.1. The Bertz CT molecular complexity index is 1340. The van der Waals surface area contributed by atoms with E-state index in [1.807, 2.05) is 25.1 Å². The van der Waals surface area contributed by atoms with Crippen molar-refractivity contribution in [3.8, 4) is 11.5 Å². The highest BCUT2D eigenvalue weighted by atomic mass is 32.1. The molecule has 1 atom stereocenters. The molecule has 184 valence electrons. The zero-order valence-electron chi connectivity index (χ0n) is 19.6. The Kier molecular flexibility index (Phi) is 7.33. The van der Waals surface area contributed by atoms with Gasteiger partial charge in [-0.15, -0.1) is 0 Å². The second kappa shape index (κ2) is 11.1. The van der Waals surface area contributed by atoms with Crippen molar-refractivity contribution in [3.05, 3.63) is 59.5 Å². The van der Waals surface area contributed by atoms with Crippen LogP contribution >= 0.6 is 11.3 Å². The Labute approximate surface area is 211 Å². The number of carbonyl (C=O) groups excluding carboxylic acids is 1. The molecule has 1 fully saturated rings. The molecular formula is C24H25N9O2S. The van der Waals surface area contributed by atoms with Gasteiger partial charge in [-0.1, -0.05) is 23.8 Å². The largest absolute Gasteiger partial charge is 0.460 e. The highest BCUT2D eigenvalue weighted by Gasteiger charge is 2.18. The Balaban J connectivity index is 1.21. The van der Waals surface area contributed by atoms with Crippen LogP contribution in [0.25, 0.3) is 11.5 Å². The lowest BCUT2D eigenvalue weighted by Gasteiger charge is -2.22.